The molecule has 0 spiro atoms. The molecule has 4 nitrogen and oxygen atoms in total. The Morgan fingerprint density at radius 2 is 2.21 bits per heavy atom. The van der Waals surface area contributed by atoms with Gasteiger partial charge in [-0.25, -0.2) is 9.78 Å². The summed E-state index contributed by atoms with van der Waals surface area (Å²) in [6, 6.07) is 0. The van der Waals surface area contributed by atoms with Crippen LogP contribution in [0.5, 0.6) is 0 Å². The van der Waals surface area contributed by atoms with Gasteiger partial charge < -0.3 is 9.52 Å². The Morgan fingerprint density at radius 3 is 2.57 bits per heavy atom. The van der Waals surface area contributed by atoms with Gasteiger partial charge in [-0.2, -0.15) is 0 Å². The highest BCUT2D eigenvalue weighted by Crippen LogP contribution is 2.14. The van der Waals surface area contributed by atoms with Gasteiger partial charge in [0.2, 0.25) is 5.76 Å². The summed E-state index contributed by atoms with van der Waals surface area (Å²) in [4.78, 5) is 14.9. The van der Waals surface area contributed by atoms with E-state index < -0.39 is 5.97 Å². The average molecular weight is 197 g/mol. The molecule has 0 radical (unpaired) electrons. The van der Waals surface area contributed by atoms with Gasteiger partial charge >= 0.3 is 5.97 Å². The van der Waals surface area contributed by atoms with Crippen molar-refractivity contribution in [3.63, 3.8) is 0 Å². The lowest BCUT2D eigenvalue weighted by atomic mass is 10.1. The molecule has 78 valence electrons. The number of oxazole rings is 1. The number of aryl methyl sites for hydroxylation is 1. The third kappa shape index (κ3) is 2.34. The minimum absolute atomic E-state index is 0.0110. The summed E-state index contributed by atoms with van der Waals surface area (Å²) in [5.74, 6) is -0.109. The van der Waals surface area contributed by atoms with Gasteiger partial charge in [0.05, 0.1) is 5.69 Å². The van der Waals surface area contributed by atoms with Crippen molar-refractivity contribution >= 4 is 5.97 Å². The molecule has 1 N–H and O–H groups in total. The van der Waals surface area contributed by atoms with Crippen molar-refractivity contribution < 1.29 is 14.3 Å². The molecule has 0 saturated carbocycles. The van der Waals surface area contributed by atoms with Crippen LogP contribution < -0.4 is 0 Å². The van der Waals surface area contributed by atoms with E-state index in [1.54, 1.807) is 0 Å². The van der Waals surface area contributed by atoms with Crippen LogP contribution in [-0.2, 0) is 12.8 Å². The number of hydrogen-bond donors (Lipinski definition) is 1. The van der Waals surface area contributed by atoms with Crippen LogP contribution >= 0.6 is 0 Å². The van der Waals surface area contributed by atoms with Gasteiger partial charge in [0.15, 0.2) is 5.89 Å². The molecule has 0 amide bonds. The molecule has 0 saturated heterocycles. The number of carboxylic acids is 1. The first-order valence-electron chi connectivity index (χ1n) is 4.76. The highest BCUT2D eigenvalue weighted by molar-refractivity contribution is 5.85. The van der Waals surface area contributed by atoms with Crippen molar-refractivity contribution in [3.8, 4) is 0 Å². The van der Waals surface area contributed by atoms with Gasteiger partial charge in [-0.05, 0) is 12.3 Å². The first-order chi connectivity index (χ1) is 6.54. The maximum Gasteiger partial charge on any atom is 0.373 e. The Bertz CT molecular complexity index is 328. The van der Waals surface area contributed by atoms with E-state index in [-0.39, 0.29) is 5.76 Å². The monoisotopic (exact) mass is 197 g/mol. The molecule has 4 heteroatoms. The lowest BCUT2D eigenvalue weighted by Gasteiger charge is -1.97. The average Bonchev–Trinajstić information content (AvgIpc) is 2.46. The summed E-state index contributed by atoms with van der Waals surface area (Å²) in [5, 5.41) is 8.81. The molecule has 0 unspecified atom stereocenters. The van der Waals surface area contributed by atoms with Gasteiger partial charge in [-0.15, -0.1) is 0 Å². The normalized spacial score (nSPS) is 10.9. The number of aromatic nitrogens is 1. The molecule has 0 aliphatic rings. The molecule has 14 heavy (non-hydrogen) atoms. The fourth-order valence-corrected chi connectivity index (χ4v) is 1.24. The molecule has 1 rings (SSSR count). The molecule has 0 bridgehead atoms. The summed E-state index contributed by atoms with van der Waals surface area (Å²) in [6.07, 6.45) is 1.27. The third-order valence-electron chi connectivity index (χ3n) is 1.85. The number of carbonyl (C=O) groups is 1. The minimum Gasteiger partial charge on any atom is -0.475 e. The fraction of sp³-hybridized carbons (Fsp3) is 0.600. The fourth-order valence-electron chi connectivity index (χ4n) is 1.24. The Balaban J connectivity index is 2.94. The third-order valence-corrected chi connectivity index (χ3v) is 1.85. The topological polar surface area (TPSA) is 63.3 Å². The van der Waals surface area contributed by atoms with Crippen LogP contribution in [0.4, 0.5) is 0 Å². The Morgan fingerprint density at radius 1 is 1.57 bits per heavy atom. The van der Waals surface area contributed by atoms with E-state index in [4.69, 9.17) is 9.52 Å². The second kappa shape index (κ2) is 4.26. The van der Waals surface area contributed by atoms with E-state index in [9.17, 15) is 4.79 Å². The van der Waals surface area contributed by atoms with Gasteiger partial charge in [0, 0.05) is 6.42 Å². The molecule has 0 aromatic carbocycles. The first-order valence-corrected chi connectivity index (χ1v) is 4.76. The Hall–Kier alpha value is -1.32. The zero-order chi connectivity index (χ0) is 10.7. The van der Waals surface area contributed by atoms with Gasteiger partial charge in [0.1, 0.15) is 0 Å². The van der Waals surface area contributed by atoms with Crippen molar-refractivity contribution in [1.29, 1.82) is 0 Å². The molecule has 1 aromatic rings. The molecular formula is C10H15NO3. The van der Waals surface area contributed by atoms with Gasteiger partial charge in [-0.3, -0.25) is 0 Å². The highest BCUT2D eigenvalue weighted by Gasteiger charge is 2.18. The number of rotatable bonds is 4. The second-order valence-electron chi connectivity index (χ2n) is 3.64. The first kappa shape index (κ1) is 10.8. The number of hydrogen-bond acceptors (Lipinski definition) is 3. The predicted molar refractivity (Wildman–Crippen MR) is 51.4 cm³/mol. The molecule has 0 aliphatic heterocycles. The van der Waals surface area contributed by atoms with Crippen LogP contribution in [0.3, 0.4) is 0 Å². The van der Waals surface area contributed by atoms with Crippen LogP contribution in [-0.4, -0.2) is 16.1 Å². The summed E-state index contributed by atoms with van der Waals surface area (Å²) >= 11 is 0. The van der Waals surface area contributed by atoms with Crippen molar-refractivity contribution in [2.45, 2.75) is 33.6 Å². The van der Waals surface area contributed by atoms with Gasteiger partial charge in [-0.1, -0.05) is 20.8 Å². The van der Waals surface area contributed by atoms with Crippen molar-refractivity contribution in [2.24, 2.45) is 5.92 Å². The summed E-state index contributed by atoms with van der Waals surface area (Å²) < 4.78 is 5.17. The molecule has 0 fully saturated rings. The second-order valence-corrected chi connectivity index (χ2v) is 3.64. The Labute approximate surface area is 83.0 Å². The van der Waals surface area contributed by atoms with E-state index in [1.807, 2.05) is 20.8 Å². The summed E-state index contributed by atoms with van der Waals surface area (Å²) in [5.41, 5.74) is 0.535. The summed E-state index contributed by atoms with van der Waals surface area (Å²) in [7, 11) is 0. The molecule has 0 aliphatic carbocycles. The number of carboxylic acid groups (broad SMARTS) is 1. The molecule has 1 aromatic heterocycles. The lowest BCUT2D eigenvalue weighted by molar-refractivity contribution is 0.0658. The van der Waals surface area contributed by atoms with E-state index in [2.05, 4.69) is 4.98 Å². The van der Waals surface area contributed by atoms with E-state index >= 15 is 0 Å². The molecule has 0 atom stereocenters. The number of nitrogens with zero attached hydrogens (tertiary/aromatic N) is 1. The van der Waals surface area contributed by atoms with E-state index in [1.165, 1.54) is 0 Å². The quantitative estimate of drug-likeness (QED) is 0.803. The van der Waals surface area contributed by atoms with Crippen molar-refractivity contribution in [1.82, 2.24) is 4.98 Å². The minimum atomic E-state index is -1.04. The van der Waals surface area contributed by atoms with E-state index in [0.717, 1.165) is 0 Å². The largest absolute Gasteiger partial charge is 0.475 e. The maximum atomic E-state index is 10.7. The van der Waals surface area contributed by atoms with Crippen molar-refractivity contribution in [2.75, 3.05) is 0 Å². The predicted octanol–water partition coefficient (Wildman–Crippen LogP) is 2.13. The zero-order valence-corrected chi connectivity index (χ0v) is 8.70. The lowest BCUT2D eigenvalue weighted by Crippen LogP contribution is -1.98. The van der Waals surface area contributed by atoms with Crippen LogP contribution in [0.1, 0.15) is 42.9 Å². The number of aromatic carboxylic acids is 1. The van der Waals surface area contributed by atoms with Gasteiger partial charge in [0.25, 0.3) is 0 Å². The molecule has 1 heterocycles. The van der Waals surface area contributed by atoms with Crippen LogP contribution in [0.25, 0.3) is 0 Å². The van der Waals surface area contributed by atoms with Crippen LogP contribution in [0.15, 0.2) is 4.42 Å². The zero-order valence-electron chi connectivity index (χ0n) is 8.70. The van der Waals surface area contributed by atoms with Crippen LogP contribution in [0.2, 0.25) is 0 Å². The SMILES string of the molecule is CCc1nc(CC(C)C)oc1C(=O)O. The smallest absolute Gasteiger partial charge is 0.373 e. The highest BCUT2D eigenvalue weighted by atomic mass is 16.4. The molecular weight excluding hydrogens is 182 g/mol. The standard InChI is InChI=1S/C10H15NO3/c1-4-7-9(10(12)13)14-8(11-7)5-6(2)3/h6H,4-5H2,1-3H3,(H,12,13). The summed E-state index contributed by atoms with van der Waals surface area (Å²) in [6.45, 7) is 5.94. The van der Waals surface area contributed by atoms with Crippen LogP contribution in [0, 0.1) is 5.92 Å². The van der Waals surface area contributed by atoms with E-state index in [0.29, 0.717) is 30.3 Å². The Kier molecular flexibility index (Phi) is 3.28. The maximum absolute atomic E-state index is 10.7. The van der Waals surface area contributed by atoms with Crippen molar-refractivity contribution in [3.05, 3.63) is 17.3 Å².